The fraction of sp³-hybridized carbons (Fsp3) is 0.667. The lowest BCUT2D eigenvalue weighted by Gasteiger charge is -2.09. The van der Waals surface area contributed by atoms with Gasteiger partial charge in [0.25, 0.3) is 0 Å². The number of unbranched alkanes of at least 4 members (excludes halogenated alkanes) is 1. The maximum atomic E-state index is 11.9. The Balaban J connectivity index is 2.62. The summed E-state index contributed by atoms with van der Waals surface area (Å²) in [6.07, 6.45) is 1.35. The van der Waals surface area contributed by atoms with Crippen LogP contribution in [-0.4, -0.2) is 51.4 Å². The minimum Gasteiger partial charge on any atom is -0.481 e. The molecule has 120 valence electrons. The molecule has 0 fully saturated rings. The summed E-state index contributed by atoms with van der Waals surface area (Å²) in [5.74, 6) is 0.414. The Morgan fingerprint density at radius 1 is 1.14 bits per heavy atom. The molecule has 0 amide bonds. The first-order valence-electron chi connectivity index (χ1n) is 6.69. The van der Waals surface area contributed by atoms with Gasteiger partial charge in [-0.15, -0.1) is 0 Å². The van der Waals surface area contributed by atoms with Crippen LogP contribution in [0.25, 0.3) is 0 Å². The van der Waals surface area contributed by atoms with E-state index in [2.05, 4.69) is 20.0 Å². The zero-order chi connectivity index (χ0) is 15.7. The number of ether oxygens (including phenoxy) is 2. The van der Waals surface area contributed by atoms with Crippen molar-refractivity contribution in [2.24, 2.45) is 0 Å². The smallest absolute Gasteiger partial charge is 0.243 e. The molecule has 0 radical (unpaired) electrons. The topological polar surface area (TPSA) is 102 Å². The molecule has 0 unspecified atom stereocenters. The van der Waals surface area contributed by atoms with Crippen LogP contribution in [0.4, 0.5) is 5.95 Å². The van der Waals surface area contributed by atoms with E-state index in [1.165, 1.54) is 20.3 Å². The molecule has 0 spiro atoms. The zero-order valence-corrected chi connectivity index (χ0v) is 13.4. The molecule has 1 aromatic heterocycles. The lowest BCUT2D eigenvalue weighted by molar-refractivity contribution is 0.373. The first-order chi connectivity index (χ1) is 10.0. The second kappa shape index (κ2) is 8.63. The van der Waals surface area contributed by atoms with Gasteiger partial charge in [-0.25, -0.2) is 8.42 Å². The van der Waals surface area contributed by atoms with Crippen molar-refractivity contribution in [1.82, 2.24) is 15.3 Å². The second-order valence-corrected chi connectivity index (χ2v) is 6.10. The van der Waals surface area contributed by atoms with Crippen LogP contribution < -0.4 is 19.5 Å². The van der Waals surface area contributed by atoms with E-state index in [-0.39, 0.29) is 23.5 Å². The fourth-order valence-corrected chi connectivity index (χ4v) is 2.62. The van der Waals surface area contributed by atoms with Crippen LogP contribution in [0.15, 0.2) is 6.07 Å². The Labute approximate surface area is 125 Å². The molecule has 0 aromatic carbocycles. The van der Waals surface area contributed by atoms with Crippen LogP contribution in [0, 0.1) is 0 Å². The van der Waals surface area contributed by atoms with Crippen LogP contribution in [0.1, 0.15) is 19.8 Å². The number of nitrogens with one attached hydrogen (secondary N) is 2. The van der Waals surface area contributed by atoms with E-state index in [9.17, 15) is 8.42 Å². The van der Waals surface area contributed by atoms with Crippen LogP contribution in [0.3, 0.4) is 0 Å². The SMILES string of the molecule is CCNCCCCS(=O)(=O)Nc1nc(OC)cc(OC)n1. The summed E-state index contributed by atoms with van der Waals surface area (Å²) in [4.78, 5) is 7.85. The van der Waals surface area contributed by atoms with Gasteiger partial charge in [0.05, 0.1) is 26.0 Å². The van der Waals surface area contributed by atoms with E-state index in [1.807, 2.05) is 6.92 Å². The highest BCUT2D eigenvalue weighted by Gasteiger charge is 2.14. The van der Waals surface area contributed by atoms with Crippen molar-refractivity contribution in [2.75, 3.05) is 37.8 Å². The fourth-order valence-electron chi connectivity index (χ4n) is 1.57. The van der Waals surface area contributed by atoms with E-state index in [0.29, 0.717) is 6.42 Å². The van der Waals surface area contributed by atoms with Crippen molar-refractivity contribution in [3.8, 4) is 11.8 Å². The Bertz CT molecular complexity index is 514. The average molecular weight is 318 g/mol. The highest BCUT2D eigenvalue weighted by molar-refractivity contribution is 7.92. The normalized spacial score (nSPS) is 11.2. The third-order valence-electron chi connectivity index (χ3n) is 2.61. The summed E-state index contributed by atoms with van der Waals surface area (Å²) < 4.78 is 36.1. The molecular weight excluding hydrogens is 296 g/mol. The quantitative estimate of drug-likeness (QED) is 0.610. The van der Waals surface area contributed by atoms with Crippen molar-refractivity contribution >= 4 is 16.0 Å². The molecule has 0 aliphatic carbocycles. The zero-order valence-electron chi connectivity index (χ0n) is 12.5. The molecule has 0 bridgehead atoms. The van der Waals surface area contributed by atoms with Gasteiger partial charge >= 0.3 is 0 Å². The minimum atomic E-state index is -3.49. The van der Waals surface area contributed by atoms with Gasteiger partial charge in [0, 0.05) is 0 Å². The number of sulfonamides is 1. The lowest BCUT2D eigenvalue weighted by Crippen LogP contribution is -2.20. The standard InChI is InChI=1S/C12H22N4O4S/c1-4-13-7-5-6-8-21(17,18)16-12-14-10(19-2)9-11(15-12)20-3/h9,13H,4-8H2,1-3H3,(H,14,15,16). The number of methoxy groups -OCH3 is 2. The van der Waals surface area contributed by atoms with Gasteiger partial charge < -0.3 is 14.8 Å². The molecular formula is C12H22N4O4S. The predicted octanol–water partition coefficient (Wildman–Crippen LogP) is 0.625. The van der Waals surface area contributed by atoms with Crippen molar-refractivity contribution in [1.29, 1.82) is 0 Å². The third kappa shape index (κ3) is 6.58. The van der Waals surface area contributed by atoms with Crippen molar-refractivity contribution in [3.05, 3.63) is 6.07 Å². The highest BCUT2D eigenvalue weighted by Crippen LogP contribution is 2.18. The van der Waals surface area contributed by atoms with E-state index >= 15 is 0 Å². The number of aromatic nitrogens is 2. The maximum Gasteiger partial charge on any atom is 0.243 e. The van der Waals surface area contributed by atoms with Gasteiger partial charge in [0.1, 0.15) is 0 Å². The Kier molecular flexibility index (Phi) is 7.17. The molecule has 0 aliphatic heterocycles. The number of anilines is 1. The van der Waals surface area contributed by atoms with Crippen molar-refractivity contribution in [2.45, 2.75) is 19.8 Å². The van der Waals surface area contributed by atoms with Crippen molar-refractivity contribution < 1.29 is 17.9 Å². The molecule has 21 heavy (non-hydrogen) atoms. The van der Waals surface area contributed by atoms with E-state index in [0.717, 1.165) is 19.5 Å². The van der Waals surface area contributed by atoms with Gasteiger partial charge in [-0.1, -0.05) is 6.92 Å². The van der Waals surface area contributed by atoms with Crippen molar-refractivity contribution in [3.63, 3.8) is 0 Å². The summed E-state index contributed by atoms with van der Waals surface area (Å²) in [5, 5.41) is 3.14. The van der Waals surface area contributed by atoms with Crippen LogP contribution in [-0.2, 0) is 10.0 Å². The highest BCUT2D eigenvalue weighted by atomic mass is 32.2. The molecule has 0 aliphatic rings. The van der Waals surface area contributed by atoms with Crippen LogP contribution in [0.5, 0.6) is 11.8 Å². The monoisotopic (exact) mass is 318 g/mol. The number of nitrogens with zero attached hydrogens (tertiary/aromatic N) is 2. The molecule has 0 saturated heterocycles. The van der Waals surface area contributed by atoms with E-state index in [4.69, 9.17) is 9.47 Å². The second-order valence-electron chi connectivity index (χ2n) is 4.26. The average Bonchev–Trinajstić information content (AvgIpc) is 2.46. The molecule has 0 atom stereocenters. The van der Waals surface area contributed by atoms with Gasteiger partial charge in [0.2, 0.25) is 27.7 Å². The number of hydrogen-bond acceptors (Lipinski definition) is 7. The Morgan fingerprint density at radius 3 is 2.29 bits per heavy atom. The van der Waals surface area contributed by atoms with E-state index in [1.54, 1.807) is 0 Å². The molecule has 8 nitrogen and oxygen atoms in total. The molecule has 9 heteroatoms. The summed E-state index contributed by atoms with van der Waals surface area (Å²) in [5.41, 5.74) is 0. The third-order valence-corrected chi connectivity index (χ3v) is 3.93. The number of hydrogen-bond donors (Lipinski definition) is 2. The minimum absolute atomic E-state index is 0.0152. The summed E-state index contributed by atoms with van der Waals surface area (Å²) in [7, 11) is -0.623. The molecule has 1 heterocycles. The molecule has 1 rings (SSSR count). The van der Waals surface area contributed by atoms with Crippen LogP contribution >= 0.6 is 0 Å². The van der Waals surface area contributed by atoms with Crippen LogP contribution in [0.2, 0.25) is 0 Å². The largest absolute Gasteiger partial charge is 0.481 e. The summed E-state index contributed by atoms with van der Waals surface area (Å²) in [6.45, 7) is 3.68. The maximum absolute atomic E-state index is 11.9. The lowest BCUT2D eigenvalue weighted by atomic mass is 10.3. The molecule has 1 aromatic rings. The number of rotatable bonds is 10. The Morgan fingerprint density at radius 2 is 1.76 bits per heavy atom. The summed E-state index contributed by atoms with van der Waals surface area (Å²) in [6, 6.07) is 1.47. The van der Waals surface area contributed by atoms with Gasteiger partial charge in [-0.2, -0.15) is 9.97 Å². The molecule has 0 saturated carbocycles. The molecule has 2 N–H and O–H groups in total. The predicted molar refractivity (Wildman–Crippen MR) is 80.3 cm³/mol. The first kappa shape index (κ1) is 17.4. The summed E-state index contributed by atoms with van der Waals surface area (Å²) >= 11 is 0. The first-order valence-corrected chi connectivity index (χ1v) is 8.34. The van der Waals surface area contributed by atoms with Gasteiger partial charge in [-0.05, 0) is 25.9 Å². The van der Waals surface area contributed by atoms with Gasteiger partial charge in [0.15, 0.2) is 0 Å². The Hall–Kier alpha value is -1.61. The van der Waals surface area contributed by atoms with E-state index < -0.39 is 10.0 Å². The van der Waals surface area contributed by atoms with Gasteiger partial charge in [-0.3, -0.25) is 4.72 Å².